The maximum atomic E-state index is 13.2. The van der Waals surface area contributed by atoms with Gasteiger partial charge in [0.2, 0.25) is 5.91 Å². The number of hydrogen-bond donors (Lipinski definition) is 2. The molecule has 2 N–H and O–H groups in total. The lowest BCUT2D eigenvalue weighted by molar-refractivity contribution is -0.115. The first-order chi connectivity index (χ1) is 14.0. The topological polar surface area (TPSA) is 61.4 Å². The predicted molar refractivity (Wildman–Crippen MR) is 119 cm³/mol. The number of carbonyl (C=O) groups is 2. The van der Waals surface area contributed by atoms with Gasteiger partial charge in [-0.25, -0.2) is 0 Å². The molecule has 5 nitrogen and oxygen atoms in total. The summed E-state index contributed by atoms with van der Waals surface area (Å²) in [5.41, 5.74) is 3.08. The maximum Gasteiger partial charge on any atom is 0.253 e. The minimum atomic E-state index is -0.646. The van der Waals surface area contributed by atoms with Crippen LogP contribution in [-0.2, 0) is 4.79 Å². The van der Waals surface area contributed by atoms with Gasteiger partial charge in [-0.05, 0) is 56.9 Å². The largest absolute Gasteiger partial charge is 0.371 e. The van der Waals surface area contributed by atoms with Crippen molar-refractivity contribution in [1.29, 1.82) is 0 Å². The van der Waals surface area contributed by atoms with Crippen LogP contribution in [0.2, 0.25) is 0 Å². The first-order valence-corrected chi connectivity index (χ1v) is 10.6. The molecule has 0 bridgehead atoms. The van der Waals surface area contributed by atoms with Gasteiger partial charge in [0, 0.05) is 24.5 Å². The van der Waals surface area contributed by atoms with Gasteiger partial charge in [-0.3, -0.25) is 9.59 Å². The van der Waals surface area contributed by atoms with Gasteiger partial charge in [-0.15, -0.1) is 11.6 Å². The fraction of sp³-hybridized carbons (Fsp3) is 0.391. The van der Waals surface area contributed by atoms with Crippen LogP contribution >= 0.6 is 11.6 Å². The molecule has 6 heteroatoms. The van der Waals surface area contributed by atoms with Crippen LogP contribution in [-0.4, -0.2) is 30.3 Å². The molecule has 0 spiro atoms. The Morgan fingerprint density at radius 1 is 1.00 bits per heavy atom. The Morgan fingerprint density at radius 2 is 1.69 bits per heavy atom. The van der Waals surface area contributed by atoms with Crippen molar-refractivity contribution in [3.8, 4) is 0 Å². The summed E-state index contributed by atoms with van der Waals surface area (Å²) in [6.07, 6.45) is 3.44. The minimum absolute atomic E-state index is 0.126. The molecule has 154 valence electrons. The zero-order valence-corrected chi connectivity index (χ0v) is 17.7. The molecule has 1 saturated heterocycles. The van der Waals surface area contributed by atoms with E-state index in [1.807, 2.05) is 49.4 Å². The molecule has 0 aliphatic carbocycles. The molecular weight excluding hydrogens is 386 g/mol. The molecule has 1 aliphatic heterocycles. The third kappa shape index (κ3) is 5.51. The number of carbonyl (C=O) groups excluding carboxylic acids is 2. The zero-order valence-electron chi connectivity index (χ0n) is 17.0. The van der Waals surface area contributed by atoms with E-state index in [1.54, 1.807) is 13.0 Å². The number of alkyl halides is 1. The SMILES string of the molecule is C[C@H](Cl)C(=O)Nc1ccc(N2CCCCC2)c(C(=O)N[C@H](C)c2ccccc2)c1. The second kappa shape index (κ2) is 9.79. The van der Waals surface area contributed by atoms with Gasteiger partial charge in [0.15, 0.2) is 0 Å². The van der Waals surface area contributed by atoms with Crippen LogP contribution in [0, 0.1) is 0 Å². The van der Waals surface area contributed by atoms with Crippen molar-refractivity contribution in [3.05, 3.63) is 59.7 Å². The lowest BCUT2D eigenvalue weighted by atomic mass is 10.0. The number of hydrogen-bond acceptors (Lipinski definition) is 3. The lowest BCUT2D eigenvalue weighted by Crippen LogP contribution is -2.33. The number of nitrogens with zero attached hydrogens (tertiary/aromatic N) is 1. The molecule has 2 aromatic carbocycles. The van der Waals surface area contributed by atoms with Crippen molar-refractivity contribution in [2.24, 2.45) is 0 Å². The molecule has 0 radical (unpaired) electrons. The molecule has 2 amide bonds. The normalized spacial score (nSPS) is 16.0. The van der Waals surface area contributed by atoms with Gasteiger partial charge >= 0.3 is 0 Å². The second-order valence-corrected chi connectivity index (χ2v) is 8.15. The first kappa shape index (κ1) is 21.2. The van der Waals surface area contributed by atoms with Crippen LogP contribution < -0.4 is 15.5 Å². The third-order valence-corrected chi connectivity index (χ3v) is 5.41. The summed E-state index contributed by atoms with van der Waals surface area (Å²) in [7, 11) is 0. The number of rotatable bonds is 6. The molecule has 0 unspecified atom stereocenters. The molecule has 1 heterocycles. The Bertz CT molecular complexity index is 848. The highest BCUT2D eigenvalue weighted by Gasteiger charge is 2.21. The van der Waals surface area contributed by atoms with Crippen LogP contribution in [0.15, 0.2) is 48.5 Å². The van der Waals surface area contributed by atoms with E-state index in [2.05, 4.69) is 15.5 Å². The van der Waals surface area contributed by atoms with Crippen molar-refractivity contribution in [2.45, 2.75) is 44.5 Å². The Labute approximate surface area is 177 Å². The molecule has 0 aromatic heterocycles. The van der Waals surface area contributed by atoms with E-state index >= 15 is 0 Å². The lowest BCUT2D eigenvalue weighted by Gasteiger charge is -2.31. The Hall–Kier alpha value is -2.53. The van der Waals surface area contributed by atoms with Gasteiger partial charge in [0.25, 0.3) is 5.91 Å². The quantitative estimate of drug-likeness (QED) is 0.673. The minimum Gasteiger partial charge on any atom is -0.371 e. The molecule has 2 aromatic rings. The summed E-state index contributed by atoms with van der Waals surface area (Å²) in [5.74, 6) is -0.446. The van der Waals surface area contributed by atoms with E-state index in [9.17, 15) is 9.59 Å². The molecular formula is C23H28ClN3O2. The molecule has 1 aliphatic rings. The van der Waals surface area contributed by atoms with E-state index in [0.717, 1.165) is 37.2 Å². The fourth-order valence-electron chi connectivity index (χ4n) is 3.55. The van der Waals surface area contributed by atoms with Crippen molar-refractivity contribution >= 4 is 34.8 Å². The summed E-state index contributed by atoms with van der Waals surface area (Å²) in [4.78, 5) is 27.4. The van der Waals surface area contributed by atoms with Gasteiger partial charge < -0.3 is 15.5 Å². The highest BCUT2D eigenvalue weighted by molar-refractivity contribution is 6.32. The summed E-state index contributed by atoms with van der Waals surface area (Å²) in [6.45, 7) is 5.45. The third-order valence-electron chi connectivity index (χ3n) is 5.21. The van der Waals surface area contributed by atoms with E-state index in [4.69, 9.17) is 11.6 Å². The average molecular weight is 414 g/mol. The van der Waals surface area contributed by atoms with Gasteiger partial charge in [0.1, 0.15) is 5.38 Å². The van der Waals surface area contributed by atoms with Crippen LogP contribution in [0.25, 0.3) is 0 Å². The van der Waals surface area contributed by atoms with E-state index in [0.29, 0.717) is 11.3 Å². The van der Waals surface area contributed by atoms with Crippen LogP contribution in [0.3, 0.4) is 0 Å². The van der Waals surface area contributed by atoms with Crippen LogP contribution in [0.5, 0.6) is 0 Å². The number of anilines is 2. The van der Waals surface area contributed by atoms with Gasteiger partial charge in [-0.1, -0.05) is 30.3 Å². The van der Waals surface area contributed by atoms with Crippen molar-refractivity contribution < 1.29 is 9.59 Å². The number of piperidine rings is 1. The number of benzene rings is 2. The zero-order chi connectivity index (χ0) is 20.8. The average Bonchev–Trinajstić information content (AvgIpc) is 2.74. The van der Waals surface area contributed by atoms with Crippen LogP contribution in [0.4, 0.5) is 11.4 Å². The maximum absolute atomic E-state index is 13.2. The summed E-state index contributed by atoms with van der Waals surface area (Å²) < 4.78 is 0. The molecule has 3 rings (SSSR count). The fourth-order valence-corrected chi connectivity index (χ4v) is 3.60. The smallest absolute Gasteiger partial charge is 0.253 e. The van der Waals surface area contributed by atoms with E-state index < -0.39 is 5.38 Å². The molecule has 1 fully saturated rings. The number of halogens is 1. The van der Waals surface area contributed by atoms with Crippen molar-refractivity contribution in [2.75, 3.05) is 23.3 Å². The van der Waals surface area contributed by atoms with E-state index in [-0.39, 0.29) is 17.9 Å². The van der Waals surface area contributed by atoms with Gasteiger partial charge in [0.05, 0.1) is 11.6 Å². The van der Waals surface area contributed by atoms with E-state index in [1.165, 1.54) is 6.42 Å². The van der Waals surface area contributed by atoms with Gasteiger partial charge in [-0.2, -0.15) is 0 Å². The number of amides is 2. The first-order valence-electron chi connectivity index (χ1n) is 10.2. The highest BCUT2D eigenvalue weighted by atomic mass is 35.5. The highest BCUT2D eigenvalue weighted by Crippen LogP contribution is 2.28. The van der Waals surface area contributed by atoms with Crippen molar-refractivity contribution in [1.82, 2.24) is 5.32 Å². The Morgan fingerprint density at radius 3 is 2.34 bits per heavy atom. The number of nitrogens with one attached hydrogen (secondary N) is 2. The molecule has 0 saturated carbocycles. The standard InChI is InChI=1S/C23H28ClN3O2/c1-16(24)22(28)26-19-11-12-21(27-13-7-4-8-14-27)20(15-19)23(29)25-17(2)18-9-5-3-6-10-18/h3,5-6,9-12,15-17H,4,7-8,13-14H2,1-2H3,(H,25,29)(H,26,28)/t16-,17+/m0/s1. The summed E-state index contributed by atoms with van der Waals surface area (Å²) in [5, 5.41) is 5.23. The Balaban J connectivity index is 1.87. The molecule has 2 atom stereocenters. The van der Waals surface area contributed by atoms with Crippen molar-refractivity contribution in [3.63, 3.8) is 0 Å². The summed E-state index contributed by atoms with van der Waals surface area (Å²) in [6, 6.07) is 15.2. The van der Waals surface area contributed by atoms with Crippen LogP contribution in [0.1, 0.15) is 55.1 Å². The monoisotopic (exact) mass is 413 g/mol. The summed E-state index contributed by atoms with van der Waals surface area (Å²) >= 11 is 5.87. The second-order valence-electron chi connectivity index (χ2n) is 7.49. The predicted octanol–water partition coefficient (Wildman–Crippen LogP) is 4.73. The Kier molecular flexibility index (Phi) is 7.15. The molecule has 29 heavy (non-hydrogen) atoms.